The molecular weight excluding hydrogens is 745 g/mol. The summed E-state index contributed by atoms with van der Waals surface area (Å²) in [4.78, 5) is 37.8. The van der Waals surface area contributed by atoms with E-state index in [9.17, 15) is 14.4 Å². The van der Waals surface area contributed by atoms with E-state index in [1.54, 1.807) is 0 Å². The molecule has 0 fully saturated rings. The molecule has 0 amide bonds. The smallest absolute Gasteiger partial charge is 0.306 e. The van der Waals surface area contributed by atoms with Crippen LogP contribution in [0.1, 0.15) is 297 Å². The lowest BCUT2D eigenvalue weighted by Crippen LogP contribution is -2.30. The zero-order valence-electron chi connectivity index (χ0n) is 40.5. The van der Waals surface area contributed by atoms with Gasteiger partial charge in [0.15, 0.2) is 6.10 Å². The van der Waals surface area contributed by atoms with Crippen molar-refractivity contribution in [3.8, 4) is 0 Å². The molecule has 0 aliphatic rings. The molecule has 0 N–H and O–H groups in total. The third-order valence-corrected chi connectivity index (χ3v) is 12.0. The summed E-state index contributed by atoms with van der Waals surface area (Å²) in [6, 6.07) is 0. The first-order valence-corrected chi connectivity index (χ1v) is 26.7. The summed E-state index contributed by atoms with van der Waals surface area (Å²) in [7, 11) is 0. The Kier molecular flexibility index (Phi) is 48.3. The second kappa shape index (κ2) is 49.8. The van der Waals surface area contributed by atoms with Gasteiger partial charge in [0.2, 0.25) is 0 Å². The summed E-state index contributed by atoms with van der Waals surface area (Å²) in [5.41, 5.74) is 0. The Bertz CT molecular complexity index is 931. The summed E-state index contributed by atoms with van der Waals surface area (Å²) in [6.45, 7) is 6.63. The first-order valence-electron chi connectivity index (χ1n) is 26.7. The van der Waals surface area contributed by atoms with E-state index in [4.69, 9.17) is 14.2 Å². The number of unbranched alkanes of at least 4 members (excludes halogenated alkanes) is 36. The molecule has 0 aliphatic carbocycles. The third-order valence-electron chi connectivity index (χ3n) is 12.0. The maximum atomic E-state index is 12.8. The van der Waals surface area contributed by atoms with Gasteiger partial charge in [-0.25, -0.2) is 0 Å². The van der Waals surface area contributed by atoms with Crippen LogP contribution in [0.5, 0.6) is 0 Å². The fraction of sp³-hybridized carbons (Fsp3) is 0.907. The lowest BCUT2D eigenvalue weighted by molar-refractivity contribution is -0.167. The molecule has 0 spiro atoms. The number of ether oxygens (including phenoxy) is 3. The molecule has 60 heavy (non-hydrogen) atoms. The van der Waals surface area contributed by atoms with Gasteiger partial charge in [-0.05, 0) is 44.9 Å². The van der Waals surface area contributed by atoms with Crippen molar-refractivity contribution < 1.29 is 28.6 Å². The predicted octanol–water partition coefficient (Wildman–Crippen LogP) is 17.4. The van der Waals surface area contributed by atoms with Crippen molar-refractivity contribution in [3.05, 3.63) is 12.2 Å². The fourth-order valence-corrected chi connectivity index (χ4v) is 7.97. The first-order chi connectivity index (χ1) is 29.5. The fourth-order valence-electron chi connectivity index (χ4n) is 7.97. The number of hydrogen-bond acceptors (Lipinski definition) is 6. The molecule has 0 saturated heterocycles. The van der Waals surface area contributed by atoms with Crippen molar-refractivity contribution >= 4 is 17.9 Å². The average Bonchev–Trinajstić information content (AvgIpc) is 3.24. The van der Waals surface area contributed by atoms with E-state index in [0.29, 0.717) is 19.3 Å². The van der Waals surface area contributed by atoms with E-state index < -0.39 is 6.10 Å². The molecule has 0 rings (SSSR count). The van der Waals surface area contributed by atoms with Crippen LogP contribution >= 0.6 is 0 Å². The van der Waals surface area contributed by atoms with Gasteiger partial charge in [-0.15, -0.1) is 0 Å². The average molecular weight is 847 g/mol. The predicted molar refractivity (Wildman–Crippen MR) is 256 cm³/mol. The molecule has 1 unspecified atom stereocenters. The van der Waals surface area contributed by atoms with Crippen LogP contribution in [0.3, 0.4) is 0 Å². The Hall–Kier alpha value is -1.85. The van der Waals surface area contributed by atoms with Crippen LogP contribution in [-0.2, 0) is 28.6 Å². The van der Waals surface area contributed by atoms with Gasteiger partial charge >= 0.3 is 17.9 Å². The number of esters is 3. The molecule has 0 aromatic rings. The molecule has 0 heterocycles. The highest BCUT2D eigenvalue weighted by Crippen LogP contribution is 2.16. The Labute approximate surface area is 373 Å². The summed E-state index contributed by atoms with van der Waals surface area (Å²) < 4.78 is 16.8. The summed E-state index contributed by atoms with van der Waals surface area (Å²) >= 11 is 0. The van der Waals surface area contributed by atoms with E-state index in [1.165, 1.54) is 199 Å². The second-order valence-electron chi connectivity index (χ2n) is 18.2. The van der Waals surface area contributed by atoms with Crippen molar-refractivity contribution in [3.63, 3.8) is 0 Å². The van der Waals surface area contributed by atoms with Crippen molar-refractivity contribution in [1.82, 2.24) is 0 Å². The van der Waals surface area contributed by atoms with Crippen LogP contribution in [0.25, 0.3) is 0 Å². The molecule has 1 atom stereocenters. The van der Waals surface area contributed by atoms with Gasteiger partial charge in [-0.1, -0.05) is 245 Å². The highest BCUT2D eigenvalue weighted by Gasteiger charge is 2.19. The van der Waals surface area contributed by atoms with E-state index in [1.807, 2.05) is 0 Å². The minimum Gasteiger partial charge on any atom is -0.462 e. The first kappa shape index (κ1) is 58.1. The SMILES string of the molecule is CCCCCCCC/C=C\CCCCCCCCCC(=O)OC(COC(=O)CCCCCCCCC)COC(=O)CCCCCCCCCCCCCCCCCCCC. The lowest BCUT2D eigenvalue weighted by atomic mass is 10.0. The summed E-state index contributed by atoms with van der Waals surface area (Å²) in [5.74, 6) is -0.861. The van der Waals surface area contributed by atoms with Crippen molar-refractivity contribution in [2.75, 3.05) is 13.2 Å². The number of carbonyl (C=O) groups excluding carboxylic acids is 3. The highest BCUT2D eigenvalue weighted by atomic mass is 16.6. The van der Waals surface area contributed by atoms with E-state index in [2.05, 4.69) is 32.9 Å². The van der Waals surface area contributed by atoms with Gasteiger partial charge in [-0.3, -0.25) is 14.4 Å². The largest absolute Gasteiger partial charge is 0.462 e. The standard InChI is InChI=1S/C54H102O6/c1-4-7-10-13-16-18-20-22-24-26-28-29-31-33-35-38-41-44-47-53(56)59-50-51(49-58-52(55)46-43-40-37-15-12-9-6-3)60-54(57)48-45-42-39-36-34-32-30-27-25-23-21-19-17-14-11-8-5-2/h23,25,51H,4-22,24,26-50H2,1-3H3/b25-23-. The Balaban J connectivity index is 4.19. The number of rotatable bonds is 49. The molecule has 0 aromatic carbocycles. The molecule has 0 aliphatic heterocycles. The molecule has 354 valence electrons. The van der Waals surface area contributed by atoms with E-state index in [-0.39, 0.29) is 31.1 Å². The molecule has 0 radical (unpaired) electrons. The normalized spacial score (nSPS) is 12.0. The molecular formula is C54H102O6. The highest BCUT2D eigenvalue weighted by molar-refractivity contribution is 5.71. The Morgan fingerprint density at radius 3 is 0.833 bits per heavy atom. The lowest BCUT2D eigenvalue weighted by Gasteiger charge is -2.18. The van der Waals surface area contributed by atoms with Gasteiger partial charge in [0.25, 0.3) is 0 Å². The molecule has 0 saturated carbocycles. The van der Waals surface area contributed by atoms with Crippen LogP contribution in [0.4, 0.5) is 0 Å². The van der Waals surface area contributed by atoms with Gasteiger partial charge < -0.3 is 14.2 Å². The molecule has 6 heteroatoms. The molecule has 0 bridgehead atoms. The minimum absolute atomic E-state index is 0.0669. The van der Waals surface area contributed by atoms with E-state index >= 15 is 0 Å². The molecule has 0 aromatic heterocycles. The maximum Gasteiger partial charge on any atom is 0.306 e. The second-order valence-corrected chi connectivity index (χ2v) is 18.2. The van der Waals surface area contributed by atoms with Crippen LogP contribution in [0.15, 0.2) is 12.2 Å². The van der Waals surface area contributed by atoms with E-state index in [0.717, 1.165) is 57.8 Å². The maximum absolute atomic E-state index is 12.8. The Morgan fingerprint density at radius 1 is 0.317 bits per heavy atom. The summed E-state index contributed by atoms with van der Waals surface area (Å²) in [6.07, 6.45) is 55.0. The van der Waals surface area contributed by atoms with Crippen molar-refractivity contribution in [2.45, 2.75) is 303 Å². The Morgan fingerprint density at radius 2 is 0.550 bits per heavy atom. The minimum atomic E-state index is -0.764. The van der Waals surface area contributed by atoms with Gasteiger partial charge in [0, 0.05) is 19.3 Å². The van der Waals surface area contributed by atoms with Crippen molar-refractivity contribution in [2.24, 2.45) is 0 Å². The zero-order valence-corrected chi connectivity index (χ0v) is 40.5. The summed E-state index contributed by atoms with van der Waals surface area (Å²) in [5, 5.41) is 0. The quantitative estimate of drug-likeness (QED) is 0.0263. The van der Waals surface area contributed by atoms with Gasteiger partial charge in [0.1, 0.15) is 13.2 Å². The number of carbonyl (C=O) groups is 3. The van der Waals surface area contributed by atoms with Crippen LogP contribution in [0.2, 0.25) is 0 Å². The number of allylic oxidation sites excluding steroid dienone is 2. The third kappa shape index (κ3) is 47.2. The van der Waals surface area contributed by atoms with Gasteiger partial charge in [-0.2, -0.15) is 0 Å². The van der Waals surface area contributed by atoms with Crippen LogP contribution in [0, 0.1) is 0 Å². The molecule has 6 nitrogen and oxygen atoms in total. The van der Waals surface area contributed by atoms with Crippen LogP contribution in [-0.4, -0.2) is 37.2 Å². The van der Waals surface area contributed by atoms with Crippen LogP contribution < -0.4 is 0 Å². The number of hydrogen-bond donors (Lipinski definition) is 0. The monoisotopic (exact) mass is 847 g/mol. The topological polar surface area (TPSA) is 78.9 Å². The zero-order chi connectivity index (χ0) is 43.7. The van der Waals surface area contributed by atoms with Crippen molar-refractivity contribution in [1.29, 1.82) is 0 Å². The van der Waals surface area contributed by atoms with Gasteiger partial charge in [0.05, 0.1) is 0 Å².